The highest BCUT2D eigenvalue weighted by atomic mass is 32.1. The molecule has 0 bridgehead atoms. The predicted octanol–water partition coefficient (Wildman–Crippen LogP) is 3.42. The average Bonchev–Trinajstić information content (AvgIpc) is 2.95. The Morgan fingerprint density at radius 1 is 1.40 bits per heavy atom. The van der Waals surface area contributed by atoms with Crippen molar-refractivity contribution < 1.29 is 4.74 Å². The Balaban J connectivity index is 2.06. The van der Waals surface area contributed by atoms with E-state index < -0.39 is 0 Å². The van der Waals surface area contributed by atoms with Gasteiger partial charge in [0.2, 0.25) is 0 Å². The molecular formula is C15H21N3OS. The average molecular weight is 291 g/mol. The minimum atomic E-state index is 0.830. The second-order valence-electron chi connectivity index (χ2n) is 4.56. The lowest BCUT2D eigenvalue weighted by Gasteiger charge is -2.16. The van der Waals surface area contributed by atoms with Crippen LogP contribution < -0.4 is 15.0 Å². The number of methoxy groups -OCH3 is 1. The van der Waals surface area contributed by atoms with Gasteiger partial charge >= 0.3 is 0 Å². The Labute approximate surface area is 124 Å². The van der Waals surface area contributed by atoms with Gasteiger partial charge in [0.05, 0.1) is 12.8 Å². The van der Waals surface area contributed by atoms with Gasteiger partial charge in [0.1, 0.15) is 5.75 Å². The molecule has 1 aromatic carbocycles. The fourth-order valence-electron chi connectivity index (χ4n) is 1.85. The number of nitrogens with zero attached hydrogens (tertiary/aromatic N) is 2. The highest BCUT2D eigenvalue weighted by Crippen LogP contribution is 2.29. The SMILES string of the molecule is CCCNCc1csc(N(C)c2cccc(OC)c2)n1. The van der Waals surface area contributed by atoms with Crippen LogP contribution in [0.1, 0.15) is 19.0 Å². The molecule has 0 unspecified atom stereocenters. The largest absolute Gasteiger partial charge is 0.497 e. The first-order valence-electron chi connectivity index (χ1n) is 6.77. The van der Waals surface area contributed by atoms with Crippen LogP contribution in [0.25, 0.3) is 0 Å². The molecule has 20 heavy (non-hydrogen) atoms. The number of hydrogen-bond acceptors (Lipinski definition) is 5. The maximum absolute atomic E-state index is 5.26. The van der Waals surface area contributed by atoms with E-state index in [0.717, 1.165) is 41.8 Å². The molecule has 0 saturated heterocycles. The van der Waals surface area contributed by atoms with Crippen LogP contribution in [0, 0.1) is 0 Å². The zero-order chi connectivity index (χ0) is 14.4. The molecule has 0 amide bonds. The van der Waals surface area contributed by atoms with Crippen molar-refractivity contribution in [3.05, 3.63) is 35.3 Å². The van der Waals surface area contributed by atoms with Gasteiger partial charge in [-0.1, -0.05) is 13.0 Å². The summed E-state index contributed by atoms with van der Waals surface area (Å²) in [5.74, 6) is 0.857. The van der Waals surface area contributed by atoms with Gasteiger partial charge in [-0.15, -0.1) is 11.3 Å². The van der Waals surface area contributed by atoms with Gasteiger partial charge in [-0.05, 0) is 25.1 Å². The van der Waals surface area contributed by atoms with Crippen molar-refractivity contribution in [2.75, 3.05) is 25.6 Å². The molecule has 0 saturated carbocycles. The van der Waals surface area contributed by atoms with Crippen LogP contribution in [0.3, 0.4) is 0 Å². The predicted molar refractivity (Wildman–Crippen MR) is 85.2 cm³/mol. The van der Waals surface area contributed by atoms with Crippen LogP contribution in [-0.2, 0) is 6.54 Å². The molecule has 5 heteroatoms. The summed E-state index contributed by atoms with van der Waals surface area (Å²) in [7, 11) is 3.71. The normalized spacial score (nSPS) is 10.6. The maximum Gasteiger partial charge on any atom is 0.189 e. The number of thiazole rings is 1. The molecule has 0 spiro atoms. The van der Waals surface area contributed by atoms with Gasteiger partial charge in [0.15, 0.2) is 5.13 Å². The summed E-state index contributed by atoms with van der Waals surface area (Å²) in [5, 5.41) is 6.47. The number of ether oxygens (including phenoxy) is 1. The Morgan fingerprint density at radius 2 is 2.25 bits per heavy atom. The van der Waals surface area contributed by atoms with E-state index in [0.29, 0.717) is 0 Å². The van der Waals surface area contributed by atoms with Crippen molar-refractivity contribution in [1.29, 1.82) is 0 Å². The molecule has 2 rings (SSSR count). The lowest BCUT2D eigenvalue weighted by molar-refractivity contribution is 0.415. The first-order valence-corrected chi connectivity index (χ1v) is 7.65. The van der Waals surface area contributed by atoms with Crippen LogP contribution >= 0.6 is 11.3 Å². The van der Waals surface area contributed by atoms with Crippen molar-refractivity contribution in [3.8, 4) is 5.75 Å². The maximum atomic E-state index is 5.26. The molecule has 4 nitrogen and oxygen atoms in total. The van der Waals surface area contributed by atoms with E-state index in [2.05, 4.69) is 33.6 Å². The molecule has 0 aliphatic carbocycles. The van der Waals surface area contributed by atoms with Crippen molar-refractivity contribution in [2.45, 2.75) is 19.9 Å². The Bertz CT molecular complexity index is 541. The fraction of sp³-hybridized carbons (Fsp3) is 0.400. The monoisotopic (exact) mass is 291 g/mol. The zero-order valence-electron chi connectivity index (χ0n) is 12.2. The quantitative estimate of drug-likeness (QED) is 0.793. The highest BCUT2D eigenvalue weighted by molar-refractivity contribution is 7.13. The van der Waals surface area contributed by atoms with Crippen LogP contribution in [0.4, 0.5) is 10.8 Å². The smallest absolute Gasteiger partial charge is 0.189 e. The third-order valence-electron chi connectivity index (χ3n) is 3.00. The summed E-state index contributed by atoms with van der Waals surface area (Å²) in [4.78, 5) is 6.73. The van der Waals surface area contributed by atoms with Gasteiger partial charge in [0.25, 0.3) is 0 Å². The third kappa shape index (κ3) is 3.71. The molecule has 108 valence electrons. The molecular weight excluding hydrogens is 270 g/mol. The molecule has 1 aromatic heterocycles. The van der Waals surface area contributed by atoms with E-state index >= 15 is 0 Å². The third-order valence-corrected chi connectivity index (χ3v) is 3.97. The van der Waals surface area contributed by atoms with Crippen LogP contribution in [0.15, 0.2) is 29.6 Å². The van der Waals surface area contributed by atoms with Crippen molar-refractivity contribution in [3.63, 3.8) is 0 Å². The highest BCUT2D eigenvalue weighted by Gasteiger charge is 2.09. The first-order chi connectivity index (χ1) is 9.74. The fourth-order valence-corrected chi connectivity index (χ4v) is 2.67. The van der Waals surface area contributed by atoms with Gasteiger partial charge in [-0.3, -0.25) is 0 Å². The van der Waals surface area contributed by atoms with E-state index in [9.17, 15) is 0 Å². The van der Waals surface area contributed by atoms with E-state index in [1.807, 2.05) is 25.2 Å². The van der Waals surface area contributed by atoms with E-state index in [-0.39, 0.29) is 0 Å². The lowest BCUT2D eigenvalue weighted by atomic mass is 10.3. The molecule has 0 aliphatic heterocycles. The van der Waals surface area contributed by atoms with Crippen molar-refractivity contribution in [1.82, 2.24) is 10.3 Å². The number of nitrogens with one attached hydrogen (secondary N) is 1. The van der Waals surface area contributed by atoms with E-state index in [1.165, 1.54) is 0 Å². The second kappa shape index (κ2) is 7.26. The van der Waals surface area contributed by atoms with Gasteiger partial charge in [0, 0.05) is 30.7 Å². The minimum Gasteiger partial charge on any atom is -0.497 e. The minimum absolute atomic E-state index is 0.830. The number of anilines is 2. The summed E-state index contributed by atoms with van der Waals surface area (Å²) >= 11 is 1.66. The summed E-state index contributed by atoms with van der Waals surface area (Å²) in [5.41, 5.74) is 2.17. The summed E-state index contributed by atoms with van der Waals surface area (Å²) in [6.45, 7) is 4.02. The van der Waals surface area contributed by atoms with Crippen molar-refractivity contribution in [2.24, 2.45) is 0 Å². The molecule has 0 fully saturated rings. The van der Waals surface area contributed by atoms with Crippen LogP contribution in [0.2, 0.25) is 0 Å². The lowest BCUT2D eigenvalue weighted by Crippen LogP contribution is -2.14. The zero-order valence-corrected chi connectivity index (χ0v) is 13.0. The molecule has 1 N–H and O–H groups in total. The molecule has 1 heterocycles. The summed E-state index contributed by atoms with van der Waals surface area (Å²) in [6.07, 6.45) is 1.14. The van der Waals surface area contributed by atoms with Crippen LogP contribution in [0.5, 0.6) is 5.75 Å². The number of benzene rings is 1. The Kier molecular flexibility index (Phi) is 5.38. The van der Waals surface area contributed by atoms with Gasteiger partial charge in [-0.2, -0.15) is 0 Å². The number of aromatic nitrogens is 1. The molecule has 0 radical (unpaired) electrons. The van der Waals surface area contributed by atoms with Gasteiger partial charge < -0.3 is 15.0 Å². The molecule has 0 atom stereocenters. The van der Waals surface area contributed by atoms with Crippen molar-refractivity contribution >= 4 is 22.2 Å². The standard InChI is InChI=1S/C15H21N3OS/c1-4-8-16-10-12-11-20-15(17-12)18(2)13-6-5-7-14(9-13)19-3/h5-7,9,11,16H,4,8,10H2,1-3H3. The van der Waals surface area contributed by atoms with Crippen LogP contribution in [-0.4, -0.2) is 25.7 Å². The Morgan fingerprint density at radius 3 is 3.00 bits per heavy atom. The second-order valence-corrected chi connectivity index (χ2v) is 5.40. The topological polar surface area (TPSA) is 37.4 Å². The number of rotatable bonds is 7. The molecule has 2 aromatic rings. The Hall–Kier alpha value is -1.59. The van der Waals surface area contributed by atoms with Gasteiger partial charge in [-0.25, -0.2) is 4.98 Å². The number of hydrogen-bond donors (Lipinski definition) is 1. The summed E-state index contributed by atoms with van der Waals surface area (Å²) in [6, 6.07) is 8.00. The van der Waals surface area contributed by atoms with E-state index in [4.69, 9.17) is 4.74 Å². The molecule has 0 aliphatic rings. The van der Waals surface area contributed by atoms with E-state index in [1.54, 1.807) is 18.4 Å². The first kappa shape index (κ1) is 14.8. The summed E-state index contributed by atoms with van der Waals surface area (Å²) < 4.78 is 5.26.